The van der Waals surface area contributed by atoms with E-state index in [-0.39, 0.29) is 22.4 Å². The number of rotatable bonds is 7. The molecule has 0 spiro atoms. The molecule has 0 aliphatic carbocycles. The number of nitrogens with zero attached hydrogens (tertiary/aromatic N) is 3. The summed E-state index contributed by atoms with van der Waals surface area (Å²) in [6.45, 7) is 5.76. The fourth-order valence-electron chi connectivity index (χ4n) is 3.20. The number of carbonyl (C=O) groups is 1. The van der Waals surface area contributed by atoms with Gasteiger partial charge in [0.25, 0.3) is 5.56 Å². The van der Waals surface area contributed by atoms with E-state index >= 15 is 0 Å². The molecule has 0 saturated carbocycles. The Hall–Kier alpha value is -2.76. The summed E-state index contributed by atoms with van der Waals surface area (Å²) in [5.74, 6) is 0.193. The van der Waals surface area contributed by atoms with E-state index in [1.807, 2.05) is 14.0 Å². The van der Waals surface area contributed by atoms with Gasteiger partial charge in [-0.3, -0.25) is 9.59 Å². The van der Waals surface area contributed by atoms with Gasteiger partial charge < -0.3 is 19.9 Å². The number of amides is 1. The third kappa shape index (κ3) is 5.49. The maximum atomic E-state index is 13.2. The molecule has 0 atom stereocenters. The normalized spacial score (nSPS) is 15.6. The smallest absolute Gasteiger partial charge is 0.253 e. The lowest BCUT2D eigenvalue weighted by Crippen LogP contribution is -2.47. The van der Waals surface area contributed by atoms with E-state index in [0.29, 0.717) is 44.1 Å². The van der Waals surface area contributed by atoms with Crippen LogP contribution < -0.4 is 15.6 Å². The molecule has 2 N–H and O–H groups in total. The predicted octanol–water partition coefficient (Wildman–Crippen LogP) is 1.12. The zero-order chi connectivity index (χ0) is 22.6. The fraction of sp³-hybridized carbons (Fsp3) is 0.450. The first-order valence-electron chi connectivity index (χ1n) is 10.1. The summed E-state index contributed by atoms with van der Waals surface area (Å²) >= 11 is 0. The number of ether oxygens (including phenoxy) is 1. The largest absolute Gasteiger partial charge is 0.493 e. The summed E-state index contributed by atoms with van der Waals surface area (Å²) < 4.78 is 33.6. The van der Waals surface area contributed by atoms with Crippen LogP contribution >= 0.6 is 0 Å². The van der Waals surface area contributed by atoms with Crippen LogP contribution in [0.1, 0.15) is 20.3 Å². The van der Waals surface area contributed by atoms with Gasteiger partial charge in [0.05, 0.1) is 17.1 Å². The summed E-state index contributed by atoms with van der Waals surface area (Å²) in [5.41, 5.74) is -0.157. The first-order chi connectivity index (χ1) is 14.7. The topological polar surface area (TPSA) is 125 Å². The summed E-state index contributed by atoms with van der Waals surface area (Å²) in [6, 6.07) is 5.67. The first-order valence-corrected chi connectivity index (χ1v) is 11.5. The number of anilines is 1. The van der Waals surface area contributed by atoms with Crippen molar-refractivity contribution < 1.29 is 17.9 Å². The van der Waals surface area contributed by atoms with Gasteiger partial charge in [-0.2, -0.15) is 4.31 Å². The number of sulfonamides is 1. The summed E-state index contributed by atoms with van der Waals surface area (Å²) in [7, 11) is -1.78. The van der Waals surface area contributed by atoms with Crippen LogP contribution in [0, 0.1) is 0 Å². The second kappa shape index (κ2) is 9.58. The minimum Gasteiger partial charge on any atom is -0.493 e. The Bertz CT molecular complexity index is 1110. The SMILES string of the molecule is CCCOc1ccc(S(=O)(=O)N2CCN(C)CC2)cc1-c1nc(NC(C)=O)cc(=O)[nH]1. The Labute approximate surface area is 181 Å². The first kappa shape index (κ1) is 22.9. The Balaban J connectivity index is 2.07. The third-order valence-corrected chi connectivity index (χ3v) is 6.71. The van der Waals surface area contributed by atoms with Crippen molar-refractivity contribution in [3.05, 3.63) is 34.6 Å². The van der Waals surface area contributed by atoms with E-state index in [2.05, 4.69) is 20.2 Å². The minimum absolute atomic E-state index is 0.0695. The summed E-state index contributed by atoms with van der Waals surface area (Å²) in [6.07, 6.45) is 0.747. The zero-order valence-electron chi connectivity index (χ0n) is 17.8. The number of carbonyl (C=O) groups excluding carboxylic acids is 1. The second-order valence-corrected chi connectivity index (χ2v) is 9.31. The van der Waals surface area contributed by atoms with Crippen LogP contribution in [-0.2, 0) is 14.8 Å². The van der Waals surface area contributed by atoms with Crippen LogP contribution in [0.25, 0.3) is 11.4 Å². The number of aromatic amines is 1. The maximum Gasteiger partial charge on any atom is 0.253 e. The van der Waals surface area contributed by atoms with Crippen molar-refractivity contribution in [1.29, 1.82) is 0 Å². The molecular formula is C20H27N5O5S. The third-order valence-electron chi connectivity index (χ3n) is 4.81. The molecule has 1 aliphatic heterocycles. The number of hydrogen-bond donors (Lipinski definition) is 2. The summed E-state index contributed by atoms with van der Waals surface area (Å²) in [4.78, 5) is 32.6. The van der Waals surface area contributed by atoms with Crippen molar-refractivity contribution in [2.75, 3.05) is 45.2 Å². The van der Waals surface area contributed by atoms with E-state index in [1.165, 1.54) is 23.4 Å². The van der Waals surface area contributed by atoms with Gasteiger partial charge in [0.1, 0.15) is 17.4 Å². The van der Waals surface area contributed by atoms with Gasteiger partial charge in [0.2, 0.25) is 15.9 Å². The fourth-order valence-corrected chi connectivity index (χ4v) is 4.65. The molecule has 0 radical (unpaired) electrons. The number of aromatic nitrogens is 2. The van der Waals surface area contributed by atoms with Crippen LogP contribution in [0.3, 0.4) is 0 Å². The Kier molecular flexibility index (Phi) is 7.08. The quantitative estimate of drug-likeness (QED) is 0.649. The highest BCUT2D eigenvalue weighted by molar-refractivity contribution is 7.89. The van der Waals surface area contributed by atoms with Crippen molar-refractivity contribution in [3.8, 4) is 17.1 Å². The molecule has 2 aromatic rings. The number of benzene rings is 1. The van der Waals surface area contributed by atoms with Crippen molar-refractivity contribution in [1.82, 2.24) is 19.2 Å². The number of likely N-dealkylation sites (N-methyl/N-ethyl adjacent to an activating group) is 1. The molecule has 1 aromatic carbocycles. The molecule has 1 saturated heterocycles. The lowest BCUT2D eigenvalue weighted by atomic mass is 10.2. The maximum absolute atomic E-state index is 13.2. The average Bonchev–Trinajstić information content (AvgIpc) is 2.71. The number of piperazine rings is 1. The molecule has 11 heteroatoms. The highest BCUT2D eigenvalue weighted by atomic mass is 32.2. The number of H-pyrrole nitrogens is 1. The molecule has 1 fully saturated rings. The van der Waals surface area contributed by atoms with Crippen LogP contribution in [0.4, 0.5) is 5.82 Å². The van der Waals surface area contributed by atoms with Crippen LogP contribution in [0.5, 0.6) is 5.75 Å². The van der Waals surface area contributed by atoms with E-state index in [0.717, 1.165) is 12.5 Å². The molecule has 0 bridgehead atoms. The molecule has 2 heterocycles. The van der Waals surface area contributed by atoms with Gasteiger partial charge in [-0.15, -0.1) is 0 Å². The molecule has 31 heavy (non-hydrogen) atoms. The molecule has 0 unspecified atom stereocenters. The minimum atomic E-state index is -3.73. The Morgan fingerprint density at radius 3 is 2.58 bits per heavy atom. The molecule has 3 rings (SSSR count). The van der Waals surface area contributed by atoms with Crippen molar-refractivity contribution >= 4 is 21.7 Å². The molecule has 168 valence electrons. The van der Waals surface area contributed by atoms with E-state index in [1.54, 1.807) is 6.07 Å². The van der Waals surface area contributed by atoms with Gasteiger partial charge in [0.15, 0.2) is 0 Å². The average molecular weight is 450 g/mol. The highest BCUT2D eigenvalue weighted by Gasteiger charge is 2.28. The second-order valence-electron chi connectivity index (χ2n) is 7.37. The number of nitrogens with one attached hydrogen (secondary N) is 2. The molecule has 1 aromatic heterocycles. The van der Waals surface area contributed by atoms with Gasteiger partial charge in [0, 0.05) is 39.2 Å². The van der Waals surface area contributed by atoms with E-state index < -0.39 is 15.6 Å². The van der Waals surface area contributed by atoms with Crippen LogP contribution in [0.15, 0.2) is 34.0 Å². The lowest BCUT2D eigenvalue weighted by Gasteiger charge is -2.31. The van der Waals surface area contributed by atoms with Crippen LogP contribution in [-0.4, -0.2) is 73.3 Å². The Morgan fingerprint density at radius 2 is 1.94 bits per heavy atom. The monoisotopic (exact) mass is 449 g/mol. The van der Waals surface area contributed by atoms with Crippen molar-refractivity contribution in [3.63, 3.8) is 0 Å². The van der Waals surface area contributed by atoms with Gasteiger partial charge in [-0.25, -0.2) is 13.4 Å². The number of hydrogen-bond acceptors (Lipinski definition) is 7. The highest BCUT2D eigenvalue weighted by Crippen LogP contribution is 2.32. The lowest BCUT2D eigenvalue weighted by molar-refractivity contribution is -0.114. The molecule has 1 aliphatic rings. The predicted molar refractivity (Wildman–Crippen MR) is 117 cm³/mol. The van der Waals surface area contributed by atoms with E-state index in [4.69, 9.17) is 4.74 Å². The molecular weight excluding hydrogens is 422 g/mol. The standard InChI is InChI=1S/C20H27N5O5S/c1-4-11-30-17-6-5-15(31(28,29)25-9-7-24(3)8-10-25)12-16(17)20-22-18(21-14(2)26)13-19(27)23-20/h5-6,12-13H,4,7-11H2,1-3H3,(H2,21,22,23,26,27). The van der Waals surface area contributed by atoms with Crippen LogP contribution in [0.2, 0.25) is 0 Å². The zero-order valence-corrected chi connectivity index (χ0v) is 18.7. The van der Waals surface area contributed by atoms with Gasteiger partial charge >= 0.3 is 0 Å². The summed E-state index contributed by atoms with van der Waals surface area (Å²) in [5, 5.41) is 2.48. The van der Waals surface area contributed by atoms with Gasteiger partial charge in [-0.1, -0.05) is 6.92 Å². The van der Waals surface area contributed by atoms with Gasteiger partial charge in [-0.05, 0) is 31.7 Å². The molecule has 10 nitrogen and oxygen atoms in total. The van der Waals surface area contributed by atoms with E-state index in [9.17, 15) is 18.0 Å². The Morgan fingerprint density at radius 1 is 1.23 bits per heavy atom. The van der Waals surface area contributed by atoms with Crippen molar-refractivity contribution in [2.45, 2.75) is 25.2 Å². The molecule has 1 amide bonds. The van der Waals surface area contributed by atoms with Crippen molar-refractivity contribution in [2.24, 2.45) is 0 Å².